The molecule has 1 atom stereocenters. The molecule has 0 aliphatic heterocycles. The Morgan fingerprint density at radius 2 is 2.28 bits per heavy atom. The number of carbonyl (C=O) groups is 1. The molecule has 0 aliphatic rings. The zero-order valence-corrected chi connectivity index (χ0v) is 10.2. The number of carboxylic acid groups (broad SMARTS) is 1. The number of aromatic carboxylic acids is 1. The normalized spacial score (nSPS) is 12.6. The maximum atomic E-state index is 11.4. The number of hydrogen-bond donors (Lipinski definition) is 2. The number of anilines is 1. The molecule has 0 spiro atoms. The van der Waals surface area contributed by atoms with Crippen molar-refractivity contribution >= 4 is 17.4 Å². The Morgan fingerprint density at radius 3 is 2.89 bits per heavy atom. The van der Waals surface area contributed by atoms with Crippen molar-refractivity contribution < 1.29 is 15.0 Å². The van der Waals surface area contributed by atoms with Gasteiger partial charge in [-0.15, -0.1) is 0 Å². The van der Waals surface area contributed by atoms with Gasteiger partial charge in [0, 0.05) is 13.2 Å². The minimum absolute atomic E-state index is 0.0660. The maximum absolute atomic E-state index is 11.4. The van der Waals surface area contributed by atoms with Crippen molar-refractivity contribution in [1.82, 2.24) is 9.38 Å². The largest absolute Gasteiger partial charge is 0.476 e. The molecular formula is C12H15N3O3. The third-order valence-corrected chi connectivity index (χ3v) is 2.97. The summed E-state index contributed by atoms with van der Waals surface area (Å²) in [5.41, 5.74) is 0.676. The number of imidazole rings is 1. The van der Waals surface area contributed by atoms with Gasteiger partial charge in [-0.25, -0.2) is 9.78 Å². The second-order valence-electron chi connectivity index (χ2n) is 4.16. The van der Waals surface area contributed by atoms with Crippen LogP contribution in [-0.4, -0.2) is 45.3 Å². The highest BCUT2D eigenvalue weighted by Crippen LogP contribution is 2.22. The molecule has 18 heavy (non-hydrogen) atoms. The summed E-state index contributed by atoms with van der Waals surface area (Å²) in [5.74, 6) is -0.684. The zero-order valence-electron chi connectivity index (χ0n) is 10.2. The van der Waals surface area contributed by atoms with Gasteiger partial charge in [0.2, 0.25) is 0 Å². The molecule has 2 rings (SSSR count). The van der Waals surface area contributed by atoms with Crippen molar-refractivity contribution in [2.24, 2.45) is 0 Å². The standard InChI is InChI=1S/C12H15N3O3/c1-8(7-16)14(2)11-10(12(17)18)15-6-4-3-5-9(15)13-11/h3-6,8,16H,7H2,1-2H3,(H,17,18). The predicted octanol–water partition coefficient (Wildman–Crippen LogP) is 0.850. The molecule has 6 heteroatoms. The van der Waals surface area contributed by atoms with Gasteiger partial charge in [0.15, 0.2) is 11.5 Å². The summed E-state index contributed by atoms with van der Waals surface area (Å²) in [6.07, 6.45) is 1.66. The molecular weight excluding hydrogens is 234 g/mol. The highest BCUT2D eigenvalue weighted by Gasteiger charge is 2.23. The molecule has 96 valence electrons. The lowest BCUT2D eigenvalue weighted by molar-refractivity contribution is 0.0690. The average Bonchev–Trinajstić information content (AvgIpc) is 2.76. The molecule has 0 saturated heterocycles. The number of hydrogen-bond acceptors (Lipinski definition) is 4. The molecule has 0 aliphatic carbocycles. The van der Waals surface area contributed by atoms with E-state index in [9.17, 15) is 9.90 Å². The number of aromatic nitrogens is 2. The molecule has 0 amide bonds. The topological polar surface area (TPSA) is 78.1 Å². The summed E-state index contributed by atoms with van der Waals surface area (Å²) < 4.78 is 1.53. The lowest BCUT2D eigenvalue weighted by atomic mass is 10.3. The summed E-state index contributed by atoms with van der Waals surface area (Å²) in [6.45, 7) is 1.74. The van der Waals surface area contributed by atoms with Crippen molar-refractivity contribution in [2.45, 2.75) is 13.0 Å². The van der Waals surface area contributed by atoms with Gasteiger partial charge in [0.05, 0.1) is 12.6 Å². The van der Waals surface area contributed by atoms with E-state index in [4.69, 9.17) is 5.11 Å². The van der Waals surface area contributed by atoms with Gasteiger partial charge in [-0.3, -0.25) is 4.40 Å². The van der Waals surface area contributed by atoms with Crippen LogP contribution in [0.2, 0.25) is 0 Å². The van der Waals surface area contributed by atoms with E-state index in [1.54, 1.807) is 43.3 Å². The van der Waals surface area contributed by atoms with Crippen LogP contribution >= 0.6 is 0 Å². The zero-order chi connectivity index (χ0) is 13.3. The quantitative estimate of drug-likeness (QED) is 0.840. The molecule has 1 unspecified atom stereocenters. The smallest absolute Gasteiger partial charge is 0.356 e. The van der Waals surface area contributed by atoms with Crippen molar-refractivity contribution in [2.75, 3.05) is 18.6 Å². The Kier molecular flexibility index (Phi) is 3.20. The van der Waals surface area contributed by atoms with Crippen LogP contribution in [0.15, 0.2) is 24.4 Å². The lowest BCUT2D eigenvalue weighted by Gasteiger charge is -2.23. The van der Waals surface area contributed by atoms with Gasteiger partial charge >= 0.3 is 5.97 Å². The highest BCUT2D eigenvalue weighted by atomic mass is 16.4. The number of carboxylic acids is 1. The fourth-order valence-corrected chi connectivity index (χ4v) is 1.76. The van der Waals surface area contributed by atoms with Crippen LogP contribution in [0.1, 0.15) is 17.4 Å². The Morgan fingerprint density at radius 1 is 1.56 bits per heavy atom. The third kappa shape index (κ3) is 1.91. The molecule has 6 nitrogen and oxygen atoms in total. The summed E-state index contributed by atoms with van der Waals surface area (Å²) >= 11 is 0. The Hall–Kier alpha value is -2.08. The van der Waals surface area contributed by atoms with E-state index in [0.717, 1.165) is 0 Å². The summed E-state index contributed by atoms with van der Waals surface area (Å²) in [4.78, 5) is 17.3. The van der Waals surface area contributed by atoms with Crippen LogP contribution in [0, 0.1) is 0 Å². The first kappa shape index (κ1) is 12.4. The first-order chi connectivity index (χ1) is 8.56. The fourth-order valence-electron chi connectivity index (χ4n) is 1.76. The predicted molar refractivity (Wildman–Crippen MR) is 67.1 cm³/mol. The Labute approximate surface area is 104 Å². The number of rotatable bonds is 4. The van der Waals surface area contributed by atoms with E-state index in [1.807, 2.05) is 0 Å². The number of likely N-dealkylation sites (N-methyl/N-ethyl adjacent to an activating group) is 1. The van der Waals surface area contributed by atoms with Gasteiger partial charge < -0.3 is 15.1 Å². The number of nitrogens with zero attached hydrogens (tertiary/aromatic N) is 3. The van der Waals surface area contributed by atoms with Crippen LogP contribution in [0.3, 0.4) is 0 Å². The third-order valence-electron chi connectivity index (χ3n) is 2.97. The minimum Gasteiger partial charge on any atom is -0.476 e. The average molecular weight is 249 g/mol. The Bertz CT molecular complexity index is 579. The van der Waals surface area contributed by atoms with Crippen LogP contribution in [0.25, 0.3) is 5.65 Å². The molecule has 2 aromatic rings. The van der Waals surface area contributed by atoms with Crippen molar-refractivity contribution in [3.8, 4) is 0 Å². The molecule has 2 aromatic heterocycles. The van der Waals surface area contributed by atoms with E-state index >= 15 is 0 Å². The number of fused-ring (bicyclic) bond motifs is 1. The van der Waals surface area contributed by atoms with Gasteiger partial charge in [0.25, 0.3) is 0 Å². The number of aliphatic hydroxyl groups excluding tert-OH is 1. The van der Waals surface area contributed by atoms with Gasteiger partial charge in [-0.1, -0.05) is 6.07 Å². The highest BCUT2D eigenvalue weighted by molar-refractivity contribution is 5.93. The first-order valence-corrected chi connectivity index (χ1v) is 5.60. The SMILES string of the molecule is CC(CO)N(C)c1nc2ccccn2c1C(=O)O. The van der Waals surface area contributed by atoms with Crippen LogP contribution in [0.5, 0.6) is 0 Å². The van der Waals surface area contributed by atoms with Crippen LogP contribution in [0.4, 0.5) is 5.82 Å². The van der Waals surface area contributed by atoms with E-state index < -0.39 is 5.97 Å². The monoisotopic (exact) mass is 249 g/mol. The lowest BCUT2D eigenvalue weighted by Crippen LogP contribution is -2.33. The van der Waals surface area contributed by atoms with Crippen molar-refractivity contribution in [3.05, 3.63) is 30.1 Å². The van der Waals surface area contributed by atoms with Crippen molar-refractivity contribution in [1.29, 1.82) is 0 Å². The van der Waals surface area contributed by atoms with E-state index in [2.05, 4.69) is 4.98 Å². The number of aliphatic hydroxyl groups is 1. The number of pyridine rings is 1. The molecule has 0 fully saturated rings. The second kappa shape index (κ2) is 4.66. The minimum atomic E-state index is -1.04. The first-order valence-electron chi connectivity index (χ1n) is 5.60. The summed E-state index contributed by atoms with van der Waals surface area (Å²) in [6, 6.07) is 5.09. The van der Waals surface area contributed by atoms with Crippen molar-refractivity contribution in [3.63, 3.8) is 0 Å². The Balaban J connectivity index is 2.62. The molecule has 0 aromatic carbocycles. The maximum Gasteiger partial charge on any atom is 0.356 e. The van der Waals surface area contributed by atoms with E-state index in [1.165, 1.54) is 4.40 Å². The molecule has 0 saturated carbocycles. The van der Waals surface area contributed by atoms with Crippen LogP contribution < -0.4 is 4.90 Å². The summed E-state index contributed by atoms with van der Waals surface area (Å²) in [7, 11) is 1.72. The molecule has 0 radical (unpaired) electrons. The van der Waals surface area contributed by atoms with E-state index in [0.29, 0.717) is 11.5 Å². The van der Waals surface area contributed by atoms with Gasteiger partial charge in [-0.2, -0.15) is 0 Å². The van der Waals surface area contributed by atoms with Gasteiger partial charge in [0.1, 0.15) is 5.65 Å². The second-order valence-corrected chi connectivity index (χ2v) is 4.16. The summed E-state index contributed by atoms with van der Waals surface area (Å²) in [5, 5.41) is 18.5. The molecule has 2 N–H and O–H groups in total. The van der Waals surface area contributed by atoms with Crippen LogP contribution in [-0.2, 0) is 0 Å². The fraction of sp³-hybridized carbons (Fsp3) is 0.333. The molecule has 2 heterocycles. The molecule has 0 bridgehead atoms. The van der Waals surface area contributed by atoms with Gasteiger partial charge in [-0.05, 0) is 19.1 Å². The van der Waals surface area contributed by atoms with E-state index in [-0.39, 0.29) is 18.3 Å².